The van der Waals surface area contributed by atoms with Crippen LogP contribution in [0.25, 0.3) is 0 Å². The van der Waals surface area contributed by atoms with Crippen molar-refractivity contribution in [1.82, 2.24) is 0 Å². The molecule has 10 heteroatoms. The van der Waals surface area contributed by atoms with Crippen LogP contribution >= 0.6 is 7.82 Å². The van der Waals surface area contributed by atoms with Gasteiger partial charge in [-0.05, 0) is 122 Å². The summed E-state index contributed by atoms with van der Waals surface area (Å²) in [5.74, 6) is -0.840. The number of carbonyl (C=O) groups is 2. The van der Waals surface area contributed by atoms with E-state index in [2.05, 4.69) is 160 Å². The van der Waals surface area contributed by atoms with E-state index in [9.17, 15) is 19.0 Å². The van der Waals surface area contributed by atoms with Crippen LogP contribution in [0.15, 0.2) is 146 Å². The molecule has 2 atom stereocenters. The zero-order valence-corrected chi connectivity index (χ0v) is 55.2. The summed E-state index contributed by atoms with van der Waals surface area (Å²) in [6.07, 6.45) is 99.2. The Morgan fingerprint density at radius 2 is 0.647 bits per heavy atom. The summed E-state index contributed by atoms with van der Waals surface area (Å²) < 4.78 is 33.1. The molecule has 85 heavy (non-hydrogen) atoms. The van der Waals surface area contributed by atoms with Gasteiger partial charge in [0.05, 0.1) is 13.2 Å². The van der Waals surface area contributed by atoms with Crippen LogP contribution in [-0.2, 0) is 32.7 Å². The molecular weight excluding hydrogens is 1070 g/mol. The van der Waals surface area contributed by atoms with Crippen LogP contribution in [0.5, 0.6) is 0 Å². The first-order valence-electron chi connectivity index (χ1n) is 34.3. The SMILES string of the molecule is CC/C=C\C/C=C\C/C=C\C/C=C\C/C=C\C/C=C\C/C=C\C/C=C\C/C=C\C/C=C\CCCCCCCCCCC(=O)OC(COC(=O)CCCCCCCCCCCCCCC/C=C\C/C=C\CCCCCCC)COP(=O)(O)OCCN. The molecule has 0 aliphatic heterocycles. The molecule has 0 rings (SSSR count). The highest BCUT2D eigenvalue weighted by molar-refractivity contribution is 7.47. The van der Waals surface area contributed by atoms with Crippen molar-refractivity contribution in [2.45, 2.75) is 290 Å². The number of esters is 2. The monoisotopic (exact) mass is 1200 g/mol. The topological polar surface area (TPSA) is 134 Å². The molecule has 0 radical (unpaired) electrons. The number of hydrogen-bond acceptors (Lipinski definition) is 8. The Morgan fingerprint density at radius 1 is 0.365 bits per heavy atom. The molecule has 0 fully saturated rings. The standard InChI is InChI=1S/C75H126NO8P/c1-3-5-7-9-11-13-15-17-19-21-23-25-27-29-30-31-32-33-34-35-36-37-38-39-40-41-42-44-46-48-50-52-54-56-58-60-62-64-66-68-75(78)84-73(72-83-85(79,80)82-70-69-76)71-81-74(77)67-65-63-61-59-57-55-53-51-49-47-45-43-28-26-24-22-20-18-16-14-12-10-8-6-4-2/h5,7,11,13,16-19,22-25,29-30,32-33,35-36,38-39,41-42,46,48,73H,3-4,6,8-10,12,14-15,20-21,26-28,31,34,37,40,43-45,47,49-72,76H2,1-2H3,(H,79,80)/b7-5-,13-11-,18-16-,19-17-,24-22-,25-23-,30-29-,33-32-,36-35-,39-38-,42-41-,48-46-. The molecule has 2 unspecified atom stereocenters. The van der Waals surface area contributed by atoms with Gasteiger partial charge in [0.2, 0.25) is 0 Å². The maximum Gasteiger partial charge on any atom is 0.472 e. The van der Waals surface area contributed by atoms with Gasteiger partial charge in [-0.2, -0.15) is 0 Å². The van der Waals surface area contributed by atoms with Crippen LogP contribution < -0.4 is 5.73 Å². The van der Waals surface area contributed by atoms with Crippen molar-refractivity contribution in [3.8, 4) is 0 Å². The third kappa shape index (κ3) is 68.9. The van der Waals surface area contributed by atoms with Crippen molar-refractivity contribution >= 4 is 19.8 Å². The van der Waals surface area contributed by atoms with E-state index in [4.69, 9.17) is 24.3 Å². The molecule has 484 valence electrons. The predicted molar refractivity (Wildman–Crippen MR) is 367 cm³/mol. The first kappa shape index (κ1) is 80.9. The number of rotatable bonds is 63. The van der Waals surface area contributed by atoms with Gasteiger partial charge < -0.3 is 20.1 Å². The third-order valence-corrected chi connectivity index (χ3v) is 15.2. The zero-order valence-electron chi connectivity index (χ0n) is 54.3. The smallest absolute Gasteiger partial charge is 0.462 e. The number of phosphoric acid groups is 1. The molecule has 0 aliphatic rings. The highest BCUT2D eigenvalue weighted by Gasteiger charge is 2.26. The first-order valence-corrected chi connectivity index (χ1v) is 35.8. The van der Waals surface area contributed by atoms with Crippen LogP contribution in [0, 0.1) is 0 Å². The van der Waals surface area contributed by atoms with Crippen LogP contribution in [0.2, 0.25) is 0 Å². The number of allylic oxidation sites excluding steroid dienone is 24. The minimum Gasteiger partial charge on any atom is -0.462 e. The summed E-state index contributed by atoms with van der Waals surface area (Å²) in [4.78, 5) is 35.3. The molecule has 3 N–H and O–H groups in total. The minimum atomic E-state index is -4.40. The van der Waals surface area contributed by atoms with Crippen molar-refractivity contribution in [2.24, 2.45) is 5.73 Å². The summed E-state index contributed by atoms with van der Waals surface area (Å²) in [6.45, 7) is 3.62. The summed E-state index contributed by atoms with van der Waals surface area (Å²) in [5.41, 5.74) is 5.40. The van der Waals surface area contributed by atoms with Crippen LogP contribution in [0.1, 0.15) is 284 Å². The molecule has 0 aliphatic carbocycles. The van der Waals surface area contributed by atoms with Crippen molar-refractivity contribution in [1.29, 1.82) is 0 Å². The average Bonchev–Trinajstić information content (AvgIpc) is 3.53. The molecule has 0 bridgehead atoms. The van der Waals surface area contributed by atoms with E-state index in [1.165, 1.54) is 135 Å². The number of nitrogens with two attached hydrogens (primary N) is 1. The summed E-state index contributed by atoms with van der Waals surface area (Å²) in [6, 6.07) is 0. The summed E-state index contributed by atoms with van der Waals surface area (Å²) >= 11 is 0. The van der Waals surface area contributed by atoms with Crippen molar-refractivity contribution in [3.05, 3.63) is 146 Å². The van der Waals surface area contributed by atoms with Crippen LogP contribution in [0.3, 0.4) is 0 Å². The Kier molecular flexibility index (Phi) is 65.7. The lowest BCUT2D eigenvalue weighted by Crippen LogP contribution is -2.29. The molecule has 0 aromatic rings. The predicted octanol–water partition coefficient (Wildman–Crippen LogP) is 22.6. The van der Waals surface area contributed by atoms with Crippen molar-refractivity contribution in [2.75, 3.05) is 26.4 Å². The Bertz CT molecular complexity index is 1900. The second-order valence-corrected chi connectivity index (χ2v) is 23.8. The molecule has 0 heterocycles. The molecule has 0 saturated heterocycles. The average molecular weight is 1200 g/mol. The fourth-order valence-electron chi connectivity index (χ4n) is 9.17. The largest absolute Gasteiger partial charge is 0.472 e. The third-order valence-electron chi connectivity index (χ3n) is 14.2. The maximum atomic E-state index is 12.8. The fraction of sp³-hybridized carbons (Fsp3) is 0.653. The highest BCUT2D eigenvalue weighted by atomic mass is 31.2. The van der Waals surface area contributed by atoms with Gasteiger partial charge in [-0.3, -0.25) is 18.6 Å². The van der Waals surface area contributed by atoms with E-state index in [1.54, 1.807) is 0 Å². The van der Waals surface area contributed by atoms with Gasteiger partial charge in [-0.25, -0.2) is 4.57 Å². The summed E-state index contributed by atoms with van der Waals surface area (Å²) in [7, 11) is -4.40. The lowest BCUT2D eigenvalue weighted by atomic mass is 10.0. The van der Waals surface area contributed by atoms with E-state index >= 15 is 0 Å². The lowest BCUT2D eigenvalue weighted by molar-refractivity contribution is -0.161. The van der Waals surface area contributed by atoms with E-state index in [1.807, 2.05) is 0 Å². The van der Waals surface area contributed by atoms with Crippen molar-refractivity contribution < 1.29 is 37.6 Å². The van der Waals surface area contributed by atoms with Gasteiger partial charge in [0.1, 0.15) is 6.61 Å². The minimum absolute atomic E-state index is 0.0456. The Balaban J connectivity index is 3.98. The van der Waals surface area contributed by atoms with Gasteiger partial charge in [0, 0.05) is 19.4 Å². The van der Waals surface area contributed by atoms with Gasteiger partial charge in [-0.15, -0.1) is 0 Å². The van der Waals surface area contributed by atoms with Gasteiger partial charge in [0.25, 0.3) is 0 Å². The number of unbranched alkanes of at least 4 members (excludes halogenated alkanes) is 26. The number of carbonyl (C=O) groups excluding carboxylic acids is 2. The fourth-order valence-corrected chi connectivity index (χ4v) is 9.93. The number of ether oxygens (including phenoxy) is 2. The maximum absolute atomic E-state index is 12.8. The Hall–Kier alpha value is -4.11. The Labute approximate surface area is 522 Å². The van der Waals surface area contributed by atoms with E-state index in [-0.39, 0.29) is 38.6 Å². The van der Waals surface area contributed by atoms with Gasteiger partial charge in [0.15, 0.2) is 6.10 Å². The van der Waals surface area contributed by atoms with Crippen LogP contribution in [-0.4, -0.2) is 49.3 Å². The quantitative estimate of drug-likeness (QED) is 0.0264. The van der Waals surface area contributed by atoms with E-state index in [0.717, 1.165) is 116 Å². The number of hydrogen-bond donors (Lipinski definition) is 2. The molecule has 0 aromatic carbocycles. The molecule has 9 nitrogen and oxygen atoms in total. The number of phosphoric ester groups is 1. The van der Waals surface area contributed by atoms with Gasteiger partial charge in [-0.1, -0.05) is 295 Å². The molecule has 0 spiro atoms. The Morgan fingerprint density at radius 3 is 0.965 bits per heavy atom. The van der Waals surface area contributed by atoms with Crippen molar-refractivity contribution in [3.63, 3.8) is 0 Å². The normalized spacial score (nSPS) is 13.9. The second-order valence-electron chi connectivity index (χ2n) is 22.3. The zero-order chi connectivity index (χ0) is 61.6. The second kappa shape index (κ2) is 69.0. The molecule has 0 amide bonds. The molecular formula is C75H126NO8P. The molecule has 0 saturated carbocycles. The lowest BCUT2D eigenvalue weighted by Gasteiger charge is -2.19. The van der Waals surface area contributed by atoms with Gasteiger partial charge >= 0.3 is 19.8 Å². The molecule has 0 aromatic heterocycles. The first-order chi connectivity index (χ1) is 41.8. The summed E-state index contributed by atoms with van der Waals surface area (Å²) in [5, 5.41) is 0. The highest BCUT2D eigenvalue weighted by Crippen LogP contribution is 2.43. The van der Waals surface area contributed by atoms with Crippen LogP contribution in [0.4, 0.5) is 0 Å². The van der Waals surface area contributed by atoms with E-state index in [0.29, 0.717) is 6.42 Å². The van der Waals surface area contributed by atoms with E-state index < -0.39 is 26.5 Å².